The molecule has 1 heterocycles. The Morgan fingerprint density at radius 1 is 1.22 bits per heavy atom. The molecule has 0 amide bonds. The normalized spacial score (nSPS) is 30.1. The topological polar surface area (TPSA) is 79.3 Å². The minimum atomic E-state index is -3.62. The molecule has 1 aromatic carbocycles. The maximum atomic E-state index is 12.9. The summed E-state index contributed by atoms with van der Waals surface area (Å²) >= 11 is 0. The Hall–Kier alpha value is -1.50. The highest BCUT2D eigenvalue weighted by Gasteiger charge is 2.48. The van der Waals surface area contributed by atoms with Crippen LogP contribution in [0.5, 0.6) is 0 Å². The first-order valence-corrected chi connectivity index (χ1v) is 9.54. The van der Waals surface area contributed by atoms with Crippen LogP contribution in [0.25, 0.3) is 10.8 Å². The van der Waals surface area contributed by atoms with Gasteiger partial charge in [-0.15, -0.1) is 0 Å². The molecule has 1 aromatic heterocycles. The van der Waals surface area contributed by atoms with E-state index in [1.54, 1.807) is 30.6 Å². The van der Waals surface area contributed by atoms with Crippen LogP contribution in [0, 0.1) is 17.8 Å². The maximum absolute atomic E-state index is 12.9. The van der Waals surface area contributed by atoms with E-state index in [1.165, 1.54) is 0 Å². The fourth-order valence-electron chi connectivity index (χ4n) is 4.43. The van der Waals surface area contributed by atoms with E-state index in [0.717, 1.165) is 24.6 Å². The minimum absolute atomic E-state index is 0.0418. The first-order valence-electron chi connectivity index (χ1n) is 8.06. The van der Waals surface area contributed by atoms with Gasteiger partial charge in [0.15, 0.2) is 0 Å². The van der Waals surface area contributed by atoms with Gasteiger partial charge in [-0.2, -0.15) is 0 Å². The van der Waals surface area contributed by atoms with Crippen molar-refractivity contribution in [2.24, 2.45) is 17.8 Å². The van der Waals surface area contributed by atoms with Gasteiger partial charge in [0.05, 0.1) is 4.90 Å². The van der Waals surface area contributed by atoms with Gasteiger partial charge in [0.2, 0.25) is 10.0 Å². The zero-order chi connectivity index (χ0) is 16.0. The molecule has 4 unspecified atom stereocenters. The number of fused-ring (bicyclic) bond motifs is 3. The van der Waals surface area contributed by atoms with Crippen LogP contribution in [-0.4, -0.2) is 31.2 Å². The molecule has 122 valence electrons. The number of nitrogens with zero attached hydrogens (tertiary/aromatic N) is 1. The van der Waals surface area contributed by atoms with Crippen molar-refractivity contribution in [1.29, 1.82) is 0 Å². The Bertz CT molecular complexity index is 831. The molecule has 2 saturated carbocycles. The fraction of sp³-hybridized carbons (Fsp3) is 0.471. The van der Waals surface area contributed by atoms with Crippen molar-refractivity contribution in [2.75, 3.05) is 6.61 Å². The number of rotatable bonds is 4. The first kappa shape index (κ1) is 15.1. The zero-order valence-electron chi connectivity index (χ0n) is 12.7. The summed E-state index contributed by atoms with van der Waals surface area (Å²) in [4.78, 5) is 4.34. The van der Waals surface area contributed by atoms with E-state index < -0.39 is 10.0 Å². The van der Waals surface area contributed by atoms with Gasteiger partial charge in [0.1, 0.15) is 0 Å². The summed E-state index contributed by atoms with van der Waals surface area (Å²) < 4.78 is 28.7. The lowest BCUT2D eigenvalue weighted by Gasteiger charge is -2.30. The number of pyridine rings is 1. The number of hydrogen-bond acceptors (Lipinski definition) is 4. The molecule has 2 bridgehead atoms. The largest absolute Gasteiger partial charge is 0.396 e. The van der Waals surface area contributed by atoms with Crippen LogP contribution in [0.3, 0.4) is 0 Å². The molecule has 0 saturated heterocycles. The van der Waals surface area contributed by atoms with Gasteiger partial charge in [-0.3, -0.25) is 4.98 Å². The molecule has 5 nitrogen and oxygen atoms in total. The molecule has 6 heteroatoms. The molecule has 0 aliphatic heterocycles. The van der Waals surface area contributed by atoms with Gasteiger partial charge in [0, 0.05) is 41.7 Å². The average molecular weight is 332 g/mol. The number of aliphatic hydroxyl groups excluding tert-OH is 1. The van der Waals surface area contributed by atoms with E-state index in [9.17, 15) is 13.5 Å². The highest BCUT2D eigenvalue weighted by atomic mass is 32.2. The van der Waals surface area contributed by atoms with Crippen molar-refractivity contribution in [3.05, 3.63) is 36.7 Å². The number of nitrogens with one attached hydrogen (secondary N) is 1. The van der Waals surface area contributed by atoms with Gasteiger partial charge < -0.3 is 5.11 Å². The van der Waals surface area contributed by atoms with Gasteiger partial charge >= 0.3 is 0 Å². The standard InChI is InChI=1S/C17H20N2O3S/c20-10-15-11-4-5-12(8-11)17(15)19-23(21,22)16-3-1-2-13-9-18-7-6-14(13)16/h1-3,6-7,9,11-12,15,17,19-20H,4-5,8,10H2. The molecule has 2 aliphatic rings. The lowest BCUT2D eigenvalue weighted by molar-refractivity contribution is 0.153. The van der Waals surface area contributed by atoms with E-state index in [4.69, 9.17) is 0 Å². The van der Waals surface area contributed by atoms with Gasteiger partial charge in [-0.05, 0) is 43.2 Å². The molecule has 4 atom stereocenters. The Labute approximate surface area is 135 Å². The van der Waals surface area contributed by atoms with E-state index in [2.05, 4.69) is 9.71 Å². The van der Waals surface area contributed by atoms with Crippen LogP contribution in [0.2, 0.25) is 0 Å². The van der Waals surface area contributed by atoms with Crippen molar-refractivity contribution >= 4 is 20.8 Å². The molecule has 23 heavy (non-hydrogen) atoms. The summed E-state index contributed by atoms with van der Waals surface area (Å²) in [6.45, 7) is 0.0494. The minimum Gasteiger partial charge on any atom is -0.396 e. The summed E-state index contributed by atoms with van der Waals surface area (Å²) in [7, 11) is -3.62. The van der Waals surface area contributed by atoms with Crippen LogP contribution in [0.15, 0.2) is 41.6 Å². The lowest BCUT2D eigenvalue weighted by atomic mass is 9.86. The molecular weight excluding hydrogens is 312 g/mol. The number of benzene rings is 1. The molecule has 4 rings (SSSR count). The lowest BCUT2D eigenvalue weighted by Crippen LogP contribution is -2.45. The van der Waals surface area contributed by atoms with Crippen molar-refractivity contribution < 1.29 is 13.5 Å². The summed E-state index contributed by atoms with van der Waals surface area (Å²) in [5.41, 5.74) is 0. The second-order valence-electron chi connectivity index (χ2n) is 6.68. The molecule has 2 aliphatic carbocycles. The monoisotopic (exact) mass is 332 g/mol. The summed E-state index contributed by atoms with van der Waals surface area (Å²) in [5.74, 6) is 0.846. The van der Waals surface area contributed by atoms with E-state index >= 15 is 0 Å². The molecule has 2 aromatic rings. The van der Waals surface area contributed by atoms with Gasteiger partial charge in [-0.25, -0.2) is 13.1 Å². The van der Waals surface area contributed by atoms with Crippen LogP contribution in [-0.2, 0) is 10.0 Å². The highest BCUT2D eigenvalue weighted by Crippen LogP contribution is 2.48. The van der Waals surface area contributed by atoms with Gasteiger partial charge in [-0.1, -0.05) is 12.1 Å². The smallest absolute Gasteiger partial charge is 0.241 e. The number of aromatic nitrogens is 1. The Morgan fingerprint density at radius 2 is 2.04 bits per heavy atom. The van der Waals surface area contributed by atoms with E-state index in [1.807, 2.05) is 6.07 Å². The maximum Gasteiger partial charge on any atom is 0.241 e. The molecule has 2 N–H and O–H groups in total. The van der Waals surface area contributed by atoms with Crippen LogP contribution in [0.4, 0.5) is 0 Å². The predicted molar refractivity (Wildman–Crippen MR) is 87.3 cm³/mol. The van der Waals surface area contributed by atoms with Crippen LogP contribution < -0.4 is 4.72 Å². The Balaban J connectivity index is 1.70. The van der Waals surface area contributed by atoms with Gasteiger partial charge in [0.25, 0.3) is 0 Å². The molecule has 2 fully saturated rings. The zero-order valence-corrected chi connectivity index (χ0v) is 13.5. The van der Waals surface area contributed by atoms with Crippen molar-refractivity contribution in [3.8, 4) is 0 Å². The van der Waals surface area contributed by atoms with Crippen molar-refractivity contribution in [3.63, 3.8) is 0 Å². The fourth-order valence-corrected chi connectivity index (χ4v) is 6.01. The third kappa shape index (κ3) is 2.45. The summed E-state index contributed by atoms with van der Waals surface area (Å²) in [6, 6.07) is 6.80. The third-order valence-corrected chi connectivity index (χ3v) is 7.04. The SMILES string of the molecule is O=S(=O)(NC1C2CCC(C2)C1CO)c1cccc2cnccc12. The second-order valence-corrected chi connectivity index (χ2v) is 8.36. The first-order chi connectivity index (χ1) is 11.1. The Kier molecular flexibility index (Phi) is 3.63. The third-order valence-electron chi connectivity index (χ3n) is 5.52. The van der Waals surface area contributed by atoms with Crippen LogP contribution in [0.1, 0.15) is 19.3 Å². The molecule has 0 radical (unpaired) electrons. The van der Waals surface area contributed by atoms with Crippen LogP contribution >= 0.6 is 0 Å². The average Bonchev–Trinajstić information content (AvgIpc) is 3.15. The number of hydrogen-bond donors (Lipinski definition) is 2. The molecule has 0 spiro atoms. The predicted octanol–water partition coefficient (Wildman–Crippen LogP) is 1.92. The van der Waals surface area contributed by atoms with E-state index in [0.29, 0.717) is 17.2 Å². The van der Waals surface area contributed by atoms with Crippen molar-refractivity contribution in [2.45, 2.75) is 30.2 Å². The summed E-state index contributed by atoms with van der Waals surface area (Å²) in [6.07, 6.45) is 6.46. The number of aliphatic hydroxyl groups is 1. The molecular formula is C17H20N2O3S. The Morgan fingerprint density at radius 3 is 2.87 bits per heavy atom. The van der Waals surface area contributed by atoms with E-state index in [-0.39, 0.29) is 23.5 Å². The second kappa shape index (κ2) is 5.54. The van der Waals surface area contributed by atoms with Crippen molar-refractivity contribution in [1.82, 2.24) is 9.71 Å². The highest BCUT2D eigenvalue weighted by molar-refractivity contribution is 7.89. The quantitative estimate of drug-likeness (QED) is 0.896. The summed E-state index contributed by atoms with van der Waals surface area (Å²) in [5, 5.41) is 11.1. The number of sulfonamides is 1.